The van der Waals surface area contributed by atoms with E-state index in [0.29, 0.717) is 32.3 Å². The van der Waals surface area contributed by atoms with Gasteiger partial charge in [-0.1, -0.05) is 43.2 Å². The van der Waals surface area contributed by atoms with Crippen molar-refractivity contribution >= 4 is 6.09 Å². The maximum atomic E-state index is 12.3. The molecule has 0 spiro atoms. The average molecular weight is 362 g/mol. The molecule has 1 N–H and O–H groups in total. The quantitative estimate of drug-likeness (QED) is 0.843. The molecule has 2 aliphatic rings. The normalized spacial score (nSPS) is 26.5. The minimum atomic E-state index is -0.269. The second-order valence-corrected chi connectivity index (χ2v) is 7.05. The summed E-state index contributed by atoms with van der Waals surface area (Å²) in [6, 6.07) is 10.1. The summed E-state index contributed by atoms with van der Waals surface area (Å²) < 4.78 is 16.9. The van der Waals surface area contributed by atoms with Crippen molar-refractivity contribution in [3.05, 3.63) is 35.9 Å². The first kappa shape index (κ1) is 19.1. The lowest BCUT2D eigenvalue weighted by Crippen LogP contribution is -2.52. The molecule has 6 nitrogen and oxygen atoms in total. The molecule has 3 atom stereocenters. The van der Waals surface area contributed by atoms with Crippen LogP contribution >= 0.6 is 0 Å². The van der Waals surface area contributed by atoms with Gasteiger partial charge in [0.15, 0.2) is 0 Å². The molecule has 26 heavy (non-hydrogen) atoms. The van der Waals surface area contributed by atoms with Crippen LogP contribution in [0.3, 0.4) is 0 Å². The van der Waals surface area contributed by atoms with Gasteiger partial charge in [-0.15, -0.1) is 0 Å². The van der Waals surface area contributed by atoms with Crippen LogP contribution in [0.4, 0.5) is 4.79 Å². The summed E-state index contributed by atoms with van der Waals surface area (Å²) in [5, 5.41) is 3.58. The number of hydrogen-bond donors (Lipinski definition) is 1. The van der Waals surface area contributed by atoms with Gasteiger partial charge in [0.05, 0.1) is 25.4 Å². The number of nitrogens with one attached hydrogen (secondary N) is 1. The van der Waals surface area contributed by atoms with Crippen LogP contribution in [-0.2, 0) is 20.8 Å². The van der Waals surface area contributed by atoms with Crippen LogP contribution in [0.25, 0.3) is 0 Å². The number of carbonyl (C=O) groups excluding carboxylic acids is 1. The van der Waals surface area contributed by atoms with Crippen LogP contribution < -0.4 is 5.32 Å². The molecule has 1 aromatic rings. The van der Waals surface area contributed by atoms with Crippen LogP contribution in [0.1, 0.15) is 31.2 Å². The smallest absolute Gasteiger partial charge is 0.410 e. The summed E-state index contributed by atoms with van der Waals surface area (Å²) in [4.78, 5) is 14.1. The maximum absolute atomic E-state index is 12.3. The first-order chi connectivity index (χ1) is 12.8. The molecule has 1 saturated heterocycles. The minimum absolute atomic E-state index is 0.00698. The molecule has 1 heterocycles. The molecular formula is C20H30N2O4. The van der Waals surface area contributed by atoms with E-state index in [2.05, 4.69) is 5.32 Å². The zero-order chi connectivity index (χ0) is 18.2. The van der Waals surface area contributed by atoms with Gasteiger partial charge in [-0.25, -0.2) is 4.79 Å². The Morgan fingerprint density at radius 3 is 2.88 bits per heavy atom. The molecule has 0 bridgehead atoms. The van der Waals surface area contributed by atoms with Crippen molar-refractivity contribution < 1.29 is 19.0 Å². The van der Waals surface area contributed by atoms with E-state index in [4.69, 9.17) is 14.2 Å². The van der Waals surface area contributed by atoms with Gasteiger partial charge in [-0.2, -0.15) is 0 Å². The number of rotatable bonds is 6. The molecule has 1 saturated carbocycles. The molecule has 1 aliphatic heterocycles. The standard InChI is InChI=1S/C20H30N2O4/c1-24-19-10-6-5-9-18(19)21-13-17-14-22(11-12-25-17)20(23)26-15-16-7-3-2-4-8-16/h2-4,7-8,17-19,21H,5-6,9-15H2,1H3. The summed E-state index contributed by atoms with van der Waals surface area (Å²) >= 11 is 0. The van der Waals surface area contributed by atoms with Crippen molar-refractivity contribution in [2.24, 2.45) is 0 Å². The van der Waals surface area contributed by atoms with E-state index in [1.165, 1.54) is 12.8 Å². The summed E-state index contributed by atoms with van der Waals surface area (Å²) in [5.41, 5.74) is 0.996. The van der Waals surface area contributed by atoms with E-state index < -0.39 is 0 Å². The van der Waals surface area contributed by atoms with Crippen LogP contribution in [-0.4, -0.2) is 62.6 Å². The maximum Gasteiger partial charge on any atom is 0.410 e. The van der Waals surface area contributed by atoms with Crippen molar-refractivity contribution in [1.29, 1.82) is 0 Å². The van der Waals surface area contributed by atoms with Gasteiger partial charge in [0.1, 0.15) is 6.61 Å². The van der Waals surface area contributed by atoms with Gasteiger partial charge in [0, 0.05) is 26.2 Å². The molecule has 0 radical (unpaired) electrons. The predicted molar refractivity (Wildman–Crippen MR) is 99.0 cm³/mol. The lowest BCUT2D eigenvalue weighted by Gasteiger charge is -2.35. The van der Waals surface area contributed by atoms with Crippen molar-refractivity contribution in [3.63, 3.8) is 0 Å². The van der Waals surface area contributed by atoms with Crippen molar-refractivity contribution in [1.82, 2.24) is 10.2 Å². The number of morpholine rings is 1. The Bertz CT molecular complexity index is 554. The first-order valence-electron chi connectivity index (χ1n) is 9.59. The van der Waals surface area contributed by atoms with Crippen LogP contribution in [0.2, 0.25) is 0 Å². The van der Waals surface area contributed by atoms with Crippen molar-refractivity contribution in [2.75, 3.05) is 33.4 Å². The highest BCUT2D eigenvalue weighted by molar-refractivity contribution is 5.67. The van der Waals surface area contributed by atoms with Gasteiger partial charge < -0.3 is 24.4 Å². The predicted octanol–water partition coefficient (Wildman–Crippen LogP) is 2.57. The second-order valence-electron chi connectivity index (χ2n) is 7.05. The monoisotopic (exact) mass is 362 g/mol. The first-order valence-corrected chi connectivity index (χ1v) is 9.59. The third-order valence-electron chi connectivity index (χ3n) is 5.22. The highest BCUT2D eigenvalue weighted by atomic mass is 16.6. The Morgan fingerprint density at radius 2 is 2.08 bits per heavy atom. The van der Waals surface area contributed by atoms with Gasteiger partial charge in [0.25, 0.3) is 0 Å². The molecular weight excluding hydrogens is 332 g/mol. The summed E-state index contributed by atoms with van der Waals surface area (Å²) in [6.07, 6.45) is 4.71. The summed E-state index contributed by atoms with van der Waals surface area (Å²) in [5.74, 6) is 0. The zero-order valence-electron chi connectivity index (χ0n) is 15.6. The van der Waals surface area contributed by atoms with E-state index in [0.717, 1.165) is 24.9 Å². The number of amides is 1. The molecule has 6 heteroatoms. The van der Waals surface area contributed by atoms with E-state index in [9.17, 15) is 4.79 Å². The molecule has 1 aliphatic carbocycles. The van der Waals surface area contributed by atoms with E-state index in [1.807, 2.05) is 30.3 Å². The fraction of sp³-hybridized carbons (Fsp3) is 0.650. The average Bonchev–Trinajstić information content (AvgIpc) is 2.71. The third-order valence-corrected chi connectivity index (χ3v) is 5.22. The number of hydrogen-bond acceptors (Lipinski definition) is 5. The van der Waals surface area contributed by atoms with Gasteiger partial charge >= 0.3 is 6.09 Å². The molecule has 0 aromatic heterocycles. The van der Waals surface area contributed by atoms with Gasteiger partial charge in [0.2, 0.25) is 0 Å². The number of benzene rings is 1. The van der Waals surface area contributed by atoms with E-state index in [-0.39, 0.29) is 18.3 Å². The Labute approximate surface area is 155 Å². The number of nitrogens with zero attached hydrogens (tertiary/aromatic N) is 1. The fourth-order valence-electron chi connectivity index (χ4n) is 3.71. The number of ether oxygens (including phenoxy) is 3. The van der Waals surface area contributed by atoms with Crippen molar-refractivity contribution in [3.8, 4) is 0 Å². The zero-order valence-corrected chi connectivity index (χ0v) is 15.6. The highest BCUT2D eigenvalue weighted by Gasteiger charge is 2.28. The molecule has 3 rings (SSSR count). The summed E-state index contributed by atoms with van der Waals surface area (Å²) in [7, 11) is 1.78. The SMILES string of the molecule is COC1CCCCC1NCC1CN(C(=O)OCc2ccccc2)CCO1. The lowest BCUT2D eigenvalue weighted by atomic mass is 9.92. The van der Waals surface area contributed by atoms with E-state index >= 15 is 0 Å². The largest absolute Gasteiger partial charge is 0.445 e. The topological polar surface area (TPSA) is 60.0 Å². The second kappa shape index (κ2) is 9.90. The van der Waals surface area contributed by atoms with Crippen molar-refractivity contribution in [2.45, 2.75) is 50.5 Å². The van der Waals surface area contributed by atoms with E-state index in [1.54, 1.807) is 12.0 Å². The lowest BCUT2D eigenvalue weighted by molar-refractivity contribution is -0.0327. The summed E-state index contributed by atoms with van der Waals surface area (Å²) in [6.45, 7) is 2.72. The molecule has 144 valence electrons. The Hall–Kier alpha value is -1.63. The number of methoxy groups -OCH3 is 1. The highest BCUT2D eigenvalue weighted by Crippen LogP contribution is 2.21. The minimum Gasteiger partial charge on any atom is -0.445 e. The molecule has 1 amide bonds. The van der Waals surface area contributed by atoms with Crippen LogP contribution in [0, 0.1) is 0 Å². The van der Waals surface area contributed by atoms with Gasteiger partial charge in [-0.3, -0.25) is 0 Å². The fourth-order valence-corrected chi connectivity index (χ4v) is 3.71. The molecule has 3 unspecified atom stereocenters. The Balaban J connectivity index is 1.42. The van der Waals surface area contributed by atoms with Crippen LogP contribution in [0.5, 0.6) is 0 Å². The Morgan fingerprint density at radius 1 is 1.27 bits per heavy atom. The number of carbonyl (C=O) groups is 1. The van der Waals surface area contributed by atoms with Crippen LogP contribution in [0.15, 0.2) is 30.3 Å². The molecule has 1 aromatic carbocycles. The Kier molecular flexibility index (Phi) is 7.29. The van der Waals surface area contributed by atoms with Gasteiger partial charge in [-0.05, 0) is 18.4 Å². The third kappa shape index (κ3) is 5.43. The molecule has 2 fully saturated rings.